The lowest BCUT2D eigenvalue weighted by atomic mass is 9.96. The van der Waals surface area contributed by atoms with Gasteiger partial charge in [-0.1, -0.05) is 59.7 Å². The van der Waals surface area contributed by atoms with Crippen LogP contribution in [0, 0.1) is 5.92 Å². The molecule has 0 spiro atoms. The van der Waals surface area contributed by atoms with E-state index in [-0.39, 0.29) is 17.8 Å². The molecule has 0 bridgehead atoms. The summed E-state index contributed by atoms with van der Waals surface area (Å²) in [5, 5.41) is 0.688. The van der Waals surface area contributed by atoms with Gasteiger partial charge in [0.05, 0.1) is 22.6 Å². The van der Waals surface area contributed by atoms with E-state index in [4.69, 9.17) is 27.9 Å². The summed E-state index contributed by atoms with van der Waals surface area (Å²) >= 11 is 18.1. The molecule has 8 heteroatoms. The minimum Gasteiger partial charge on any atom is -0.466 e. The lowest BCUT2D eigenvalue weighted by Gasteiger charge is -2.31. The average Bonchev–Trinajstić information content (AvgIpc) is 2.78. The first-order chi connectivity index (χ1) is 14.8. The van der Waals surface area contributed by atoms with Crippen molar-refractivity contribution in [2.24, 2.45) is 5.92 Å². The molecule has 0 aliphatic carbocycles. The molecular weight excluding hydrogens is 521 g/mol. The Kier molecular flexibility index (Phi) is 8.50. The number of rotatable bonds is 6. The van der Waals surface area contributed by atoms with E-state index in [0.29, 0.717) is 53.7 Å². The van der Waals surface area contributed by atoms with Crippen LogP contribution in [0.3, 0.4) is 0 Å². The summed E-state index contributed by atoms with van der Waals surface area (Å²) in [7, 11) is 0. The third-order valence-corrected chi connectivity index (χ3v) is 8.17. The molecular formula is C23H22BrCl2NO3S. The maximum Gasteiger partial charge on any atom is 0.309 e. The van der Waals surface area contributed by atoms with Gasteiger partial charge in [-0.15, -0.1) is 0 Å². The highest BCUT2D eigenvalue weighted by atomic mass is 79.9. The van der Waals surface area contributed by atoms with E-state index in [0.717, 1.165) is 14.3 Å². The second-order valence-corrected chi connectivity index (χ2v) is 9.76. The highest BCUT2D eigenvalue weighted by Crippen LogP contribution is 2.42. The molecule has 2 aromatic carbocycles. The fourth-order valence-corrected chi connectivity index (χ4v) is 5.39. The molecule has 4 nitrogen and oxygen atoms in total. The number of halogens is 3. The van der Waals surface area contributed by atoms with Crippen LogP contribution in [0.2, 0.25) is 10.0 Å². The van der Waals surface area contributed by atoms with Crippen LogP contribution in [0.25, 0.3) is 5.57 Å². The van der Waals surface area contributed by atoms with E-state index >= 15 is 0 Å². The van der Waals surface area contributed by atoms with Gasteiger partial charge in [0.15, 0.2) is 0 Å². The fourth-order valence-electron chi connectivity index (χ4n) is 3.37. The molecule has 0 radical (unpaired) electrons. The van der Waals surface area contributed by atoms with Gasteiger partial charge in [-0.25, -0.2) is 0 Å². The Hall–Kier alpha value is -1.47. The molecule has 0 atom stereocenters. The van der Waals surface area contributed by atoms with Crippen molar-refractivity contribution in [2.75, 3.05) is 19.7 Å². The van der Waals surface area contributed by atoms with Gasteiger partial charge in [-0.05, 0) is 53.9 Å². The maximum absolute atomic E-state index is 13.0. The lowest BCUT2D eigenvalue weighted by Crippen LogP contribution is -2.40. The quantitative estimate of drug-likeness (QED) is 0.300. The van der Waals surface area contributed by atoms with Crippen LogP contribution < -0.4 is 0 Å². The van der Waals surface area contributed by atoms with Crippen LogP contribution in [0.1, 0.15) is 25.3 Å². The first-order valence-electron chi connectivity index (χ1n) is 9.89. The zero-order chi connectivity index (χ0) is 22.5. The summed E-state index contributed by atoms with van der Waals surface area (Å²) in [6, 6.07) is 11.4. The van der Waals surface area contributed by atoms with Crippen molar-refractivity contribution in [3.05, 3.63) is 63.1 Å². The van der Waals surface area contributed by atoms with E-state index in [1.54, 1.807) is 17.9 Å². The van der Waals surface area contributed by atoms with Crippen molar-refractivity contribution in [1.82, 2.24) is 4.90 Å². The van der Waals surface area contributed by atoms with Gasteiger partial charge in [0.1, 0.15) is 0 Å². The molecule has 1 fully saturated rings. The van der Waals surface area contributed by atoms with E-state index < -0.39 is 0 Å². The Balaban J connectivity index is 1.70. The van der Waals surface area contributed by atoms with Crippen LogP contribution in [0.5, 0.6) is 0 Å². The second kappa shape index (κ2) is 10.9. The standard InChI is InChI=1S/C23H22BrCl2NO3S/c1-3-30-23(29)15-10-12-27(13-11-15)22(28)14(2)16-8-9-19(21(26)20(16)25)31-18-7-5-4-6-17(18)24/h4-9,15H,2-3,10-13H2,1H3. The summed E-state index contributed by atoms with van der Waals surface area (Å²) in [6.07, 6.45) is 1.15. The molecule has 0 unspecified atom stereocenters. The first-order valence-corrected chi connectivity index (χ1v) is 12.3. The van der Waals surface area contributed by atoms with E-state index in [1.807, 2.05) is 30.3 Å². The number of carbonyl (C=O) groups excluding carboxylic acids is 2. The molecule has 2 aromatic rings. The number of hydrogen-bond donors (Lipinski definition) is 0. The Morgan fingerprint density at radius 3 is 2.45 bits per heavy atom. The maximum atomic E-state index is 13.0. The number of nitrogens with zero attached hydrogens (tertiary/aromatic N) is 1. The van der Waals surface area contributed by atoms with Crippen LogP contribution in [0.4, 0.5) is 0 Å². The monoisotopic (exact) mass is 541 g/mol. The number of carbonyl (C=O) groups is 2. The zero-order valence-electron chi connectivity index (χ0n) is 17.0. The Labute approximate surface area is 205 Å². The summed E-state index contributed by atoms with van der Waals surface area (Å²) < 4.78 is 6.05. The highest BCUT2D eigenvalue weighted by Gasteiger charge is 2.30. The summed E-state index contributed by atoms with van der Waals surface area (Å²) in [5.41, 5.74) is 0.805. The number of ether oxygens (including phenoxy) is 1. The van der Waals surface area contributed by atoms with Gasteiger partial charge in [0.25, 0.3) is 5.91 Å². The number of likely N-dealkylation sites (tertiary alicyclic amines) is 1. The van der Waals surface area contributed by atoms with Crippen LogP contribution in [0.15, 0.2) is 57.2 Å². The molecule has 1 heterocycles. The number of benzene rings is 2. The summed E-state index contributed by atoms with van der Waals surface area (Å²) in [4.78, 5) is 28.4. The second-order valence-electron chi connectivity index (χ2n) is 7.07. The lowest BCUT2D eigenvalue weighted by molar-refractivity contribution is -0.150. The van der Waals surface area contributed by atoms with Gasteiger partial charge >= 0.3 is 5.97 Å². The molecule has 1 saturated heterocycles. The van der Waals surface area contributed by atoms with Gasteiger partial charge in [0, 0.05) is 38.5 Å². The highest BCUT2D eigenvalue weighted by molar-refractivity contribution is 9.10. The summed E-state index contributed by atoms with van der Waals surface area (Å²) in [5.74, 6) is -0.559. The number of piperidine rings is 1. The molecule has 1 aliphatic heterocycles. The smallest absolute Gasteiger partial charge is 0.309 e. The molecule has 3 rings (SSSR count). The molecule has 31 heavy (non-hydrogen) atoms. The average molecular weight is 543 g/mol. The van der Waals surface area contributed by atoms with Crippen molar-refractivity contribution in [1.29, 1.82) is 0 Å². The predicted octanol–water partition coefficient (Wildman–Crippen LogP) is 6.72. The largest absolute Gasteiger partial charge is 0.466 e. The van der Waals surface area contributed by atoms with Gasteiger partial charge in [-0.3, -0.25) is 9.59 Å². The predicted molar refractivity (Wildman–Crippen MR) is 130 cm³/mol. The number of hydrogen-bond acceptors (Lipinski definition) is 4. The third kappa shape index (κ3) is 5.67. The number of amides is 1. The Bertz CT molecular complexity index is 1010. The van der Waals surface area contributed by atoms with E-state index in [1.165, 1.54) is 11.8 Å². The first kappa shape index (κ1) is 24.2. The van der Waals surface area contributed by atoms with Crippen molar-refractivity contribution in [2.45, 2.75) is 29.6 Å². The third-order valence-electron chi connectivity index (χ3n) is 5.09. The zero-order valence-corrected chi connectivity index (χ0v) is 20.9. The van der Waals surface area contributed by atoms with E-state index in [2.05, 4.69) is 22.5 Å². The molecule has 0 aromatic heterocycles. The van der Waals surface area contributed by atoms with Crippen molar-refractivity contribution in [3.8, 4) is 0 Å². The van der Waals surface area contributed by atoms with Gasteiger partial charge in [0.2, 0.25) is 0 Å². The topological polar surface area (TPSA) is 46.6 Å². The Morgan fingerprint density at radius 1 is 1.13 bits per heavy atom. The van der Waals surface area contributed by atoms with Crippen LogP contribution in [-0.4, -0.2) is 36.5 Å². The fraction of sp³-hybridized carbons (Fsp3) is 0.304. The molecule has 164 valence electrons. The Morgan fingerprint density at radius 2 is 1.81 bits per heavy atom. The number of esters is 1. The SMILES string of the molecule is C=C(C(=O)N1CCC(C(=O)OCC)CC1)c1ccc(Sc2ccccc2Br)c(Cl)c1Cl. The van der Waals surface area contributed by atoms with Crippen LogP contribution in [-0.2, 0) is 14.3 Å². The molecule has 1 aliphatic rings. The van der Waals surface area contributed by atoms with Gasteiger partial charge in [-0.2, -0.15) is 0 Å². The van der Waals surface area contributed by atoms with Crippen molar-refractivity contribution < 1.29 is 14.3 Å². The molecule has 1 amide bonds. The minimum absolute atomic E-state index is 0.163. The summed E-state index contributed by atoms with van der Waals surface area (Å²) in [6.45, 7) is 7.08. The minimum atomic E-state index is -0.202. The van der Waals surface area contributed by atoms with E-state index in [9.17, 15) is 9.59 Å². The molecule has 0 N–H and O–H groups in total. The normalized spacial score (nSPS) is 14.4. The van der Waals surface area contributed by atoms with Crippen LogP contribution >= 0.6 is 50.9 Å². The van der Waals surface area contributed by atoms with Crippen molar-refractivity contribution in [3.63, 3.8) is 0 Å². The van der Waals surface area contributed by atoms with Crippen molar-refractivity contribution >= 4 is 68.3 Å². The molecule has 0 saturated carbocycles. The van der Waals surface area contributed by atoms with Gasteiger partial charge < -0.3 is 9.64 Å².